The molecule has 0 saturated heterocycles. The molecule has 0 atom stereocenters. The number of rotatable bonds is 5. The second-order valence-electron chi connectivity index (χ2n) is 6.18. The summed E-state index contributed by atoms with van der Waals surface area (Å²) in [6, 6.07) is 19.5. The smallest absolute Gasteiger partial charge is 0.153 e. The number of nitrogens with zero attached hydrogens (tertiary/aromatic N) is 4. The number of hydrogen-bond acceptors (Lipinski definition) is 6. The fraction of sp³-hybridized carbons (Fsp3) is 0.0476. The van der Waals surface area contributed by atoms with Crippen molar-refractivity contribution in [2.45, 2.75) is 6.92 Å². The summed E-state index contributed by atoms with van der Waals surface area (Å²) in [5.41, 5.74) is 4.20. The van der Waals surface area contributed by atoms with Crippen molar-refractivity contribution in [1.29, 1.82) is 0 Å². The van der Waals surface area contributed by atoms with E-state index in [1.807, 2.05) is 49.4 Å². The maximum Gasteiger partial charge on any atom is 0.153 e. The van der Waals surface area contributed by atoms with Crippen LogP contribution in [0.4, 0.5) is 27.4 Å². The van der Waals surface area contributed by atoms with Crippen LogP contribution >= 0.6 is 0 Å². The lowest BCUT2D eigenvalue weighted by Crippen LogP contribution is -1.98. The minimum Gasteiger partial charge on any atom is -0.340 e. The molecule has 0 aliphatic heterocycles. The molecule has 0 aliphatic carbocycles. The van der Waals surface area contributed by atoms with Crippen molar-refractivity contribution in [3.8, 4) is 11.3 Å². The number of hydrogen-bond donors (Lipinski definition) is 2. The highest BCUT2D eigenvalue weighted by molar-refractivity contribution is 5.64. The molecule has 4 rings (SSSR count). The van der Waals surface area contributed by atoms with Crippen LogP contribution in [0, 0.1) is 12.7 Å². The summed E-state index contributed by atoms with van der Waals surface area (Å²) in [6.07, 6.45) is 1.53. The van der Waals surface area contributed by atoms with Gasteiger partial charge in [0.15, 0.2) is 5.82 Å². The van der Waals surface area contributed by atoms with Crippen molar-refractivity contribution in [2.24, 2.45) is 0 Å². The first-order valence-corrected chi connectivity index (χ1v) is 8.68. The zero-order valence-electron chi connectivity index (χ0n) is 15.1. The van der Waals surface area contributed by atoms with Crippen molar-refractivity contribution >= 4 is 23.0 Å². The first-order chi connectivity index (χ1) is 13.7. The summed E-state index contributed by atoms with van der Waals surface area (Å²) in [4.78, 5) is 8.27. The second kappa shape index (κ2) is 7.79. The van der Waals surface area contributed by atoms with E-state index in [4.69, 9.17) is 0 Å². The third kappa shape index (κ3) is 4.27. The van der Waals surface area contributed by atoms with E-state index in [0.29, 0.717) is 11.5 Å². The van der Waals surface area contributed by atoms with Crippen LogP contribution in [-0.2, 0) is 0 Å². The first kappa shape index (κ1) is 17.5. The van der Waals surface area contributed by atoms with E-state index in [1.54, 1.807) is 12.1 Å². The maximum atomic E-state index is 13.0. The van der Waals surface area contributed by atoms with Gasteiger partial charge < -0.3 is 10.6 Å². The molecule has 0 unspecified atom stereocenters. The molecule has 0 amide bonds. The van der Waals surface area contributed by atoms with Gasteiger partial charge in [0.05, 0.1) is 5.69 Å². The number of halogens is 1. The van der Waals surface area contributed by atoms with Gasteiger partial charge in [-0.3, -0.25) is 0 Å². The largest absolute Gasteiger partial charge is 0.340 e. The molecule has 2 heterocycles. The number of anilines is 4. The third-order valence-corrected chi connectivity index (χ3v) is 4.04. The molecule has 0 fully saturated rings. The molecule has 0 spiro atoms. The number of benzene rings is 2. The van der Waals surface area contributed by atoms with Crippen molar-refractivity contribution in [3.63, 3.8) is 0 Å². The fourth-order valence-corrected chi connectivity index (χ4v) is 2.63. The normalized spacial score (nSPS) is 10.5. The van der Waals surface area contributed by atoms with E-state index < -0.39 is 0 Å². The molecule has 2 N–H and O–H groups in total. The maximum absolute atomic E-state index is 13.0. The Kier molecular flexibility index (Phi) is 4.88. The van der Waals surface area contributed by atoms with Crippen LogP contribution in [0.15, 0.2) is 73.1 Å². The van der Waals surface area contributed by atoms with Gasteiger partial charge in [0.25, 0.3) is 0 Å². The quantitative estimate of drug-likeness (QED) is 0.521. The van der Waals surface area contributed by atoms with Gasteiger partial charge in [0, 0.05) is 28.7 Å². The standard InChI is InChI=1S/C21H17FN6/c1-14-12-21(24-13-23-14)26-18-8-6-17(7-9-18)25-20-11-10-19(27-28-20)15-2-4-16(22)5-3-15/h2-13H,1H3,(H,25,28)(H,23,24,26). The molecule has 6 nitrogen and oxygen atoms in total. The molecule has 0 aliphatic rings. The Bertz CT molecular complexity index is 1060. The molecule has 138 valence electrons. The average Bonchev–Trinajstić information content (AvgIpc) is 2.71. The lowest BCUT2D eigenvalue weighted by Gasteiger charge is -2.09. The Morgan fingerprint density at radius 1 is 0.714 bits per heavy atom. The lowest BCUT2D eigenvalue weighted by atomic mass is 10.1. The van der Waals surface area contributed by atoms with Gasteiger partial charge in [0.1, 0.15) is 18.0 Å². The average molecular weight is 372 g/mol. The number of aryl methyl sites for hydroxylation is 1. The molecule has 0 saturated carbocycles. The zero-order chi connectivity index (χ0) is 19.3. The minimum atomic E-state index is -0.275. The zero-order valence-corrected chi connectivity index (χ0v) is 15.1. The van der Waals surface area contributed by atoms with Crippen LogP contribution < -0.4 is 10.6 Å². The van der Waals surface area contributed by atoms with Gasteiger partial charge in [-0.15, -0.1) is 10.2 Å². The molecule has 28 heavy (non-hydrogen) atoms. The van der Waals surface area contributed by atoms with Gasteiger partial charge in [-0.2, -0.15) is 0 Å². The molecule has 4 aromatic rings. The Morgan fingerprint density at radius 2 is 1.39 bits per heavy atom. The van der Waals surface area contributed by atoms with Crippen molar-refractivity contribution in [2.75, 3.05) is 10.6 Å². The van der Waals surface area contributed by atoms with E-state index in [2.05, 4.69) is 30.8 Å². The topological polar surface area (TPSA) is 75.6 Å². The van der Waals surface area contributed by atoms with Crippen LogP contribution in [0.3, 0.4) is 0 Å². The van der Waals surface area contributed by atoms with Gasteiger partial charge in [-0.05, 0) is 67.6 Å². The van der Waals surface area contributed by atoms with E-state index in [9.17, 15) is 4.39 Å². The van der Waals surface area contributed by atoms with Crippen LogP contribution in [0.5, 0.6) is 0 Å². The Morgan fingerprint density at radius 3 is 2.00 bits per heavy atom. The first-order valence-electron chi connectivity index (χ1n) is 8.68. The fourth-order valence-electron chi connectivity index (χ4n) is 2.63. The highest BCUT2D eigenvalue weighted by atomic mass is 19.1. The van der Waals surface area contributed by atoms with Crippen LogP contribution in [0.1, 0.15) is 5.69 Å². The molecular formula is C21H17FN6. The summed E-state index contributed by atoms with van der Waals surface area (Å²) in [7, 11) is 0. The summed E-state index contributed by atoms with van der Waals surface area (Å²) < 4.78 is 13.0. The third-order valence-electron chi connectivity index (χ3n) is 4.04. The van der Waals surface area contributed by atoms with Crippen LogP contribution in [0.25, 0.3) is 11.3 Å². The van der Waals surface area contributed by atoms with E-state index in [1.165, 1.54) is 18.5 Å². The molecule has 7 heteroatoms. The van der Waals surface area contributed by atoms with Gasteiger partial charge >= 0.3 is 0 Å². The molecule has 2 aromatic carbocycles. The van der Waals surface area contributed by atoms with Crippen molar-refractivity contribution in [1.82, 2.24) is 20.2 Å². The van der Waals surface area contributed by atoms with E-state index in [0.717, 1.165) is 28.5 Å². The van der Waals surface area contributed by atoms with Crippen molar-refractivity contribution in [3.05, 3.63) is 84.6 Å². The van der Waals surface area contributed by atoms with Crippen LogP contribution in [0.2, 0.25) is 0 Å². The lowest BCUT2D eigenvalue weighted by molar-refractivity contribution is 0.628. The SMILES string of the molecule is Cc1cc(Nc2ccc(Nc3ccc(-c4ccc(F)cc4)nn3)cc2)ncn1. The Balaban J connectivity index is 1.42. The van der Waals surface area contributed by atoms with Gasteiger partial charge in [-0.25, -0.2) is 14.4 Å². The van der Waals surface area contributed by atoms with Crippen molar-refractivity contribution < 1.29 is 4.39 Å². The molecule has 0 radical (unpaired) electrons. The van der Waals surface area contributed by atoms with E-state index >= 15 is 0 Å². The highest BCUT2D eigenvalue weighted by Gasteiger charge is 2.03. The Labute approximate surface area is 161 Å². The Hall–Kier alpha value is -3.87. The molecule has 0 bridgehead atoms. The van der Waals surface area contributed by atoms with Crippen LogP contribution in [-0.4, -0.2) is 20.2 Å². The summed E-state index contributed by atoms with van der Waals surface area (Å²) in [5.74, 6) is 1.09. The number of nitrogens with one attached hydrogen (secondary N) is 2. The summed E-state index contributed by atoms with van der Waals surface area (Å²) in [6.45, 7) is 1.92. The summed E-state index contributed by atoms with van der Waals surface area (Å²) >= 11 is 0. The van der Waals surface area contributed by atoms with Gasteiger partial charge in [-0.1, -0.05) is 0 Å². The van der Waals surface area contributed by atoms with E-state index in [-0.39, 0.29) is 5.82 Å². The summed E-state index contributed by atoms with van der Waals surface area (Å²) in [5, 5.41) is 14.8. The highest BCUT2D eigenvalue weighted by Crippen LogP contribution is 2.21. The molecular weight excluding hydrogens is 355 g/mol. The predicted octanol–water partition coefficient (Wildman–Crippen LogP) is 4.87. The minimum absolute atomic E-state index is 0.275. The monoisotopic (exact) mass is 372 g/mol. The predicted molar refractivity (Wildman–Crippen MR) is 107 cm³/mol. The number of aromatic nitrogens is 4. The molecule has 2 aromatic heterocycles. The van der Waals surface area contributed by atoms with Gasteiger partial charge in [0.2, 0.25) is 0 Å². The second-order valence-corrected chi connectivity index (χ2v) is 6.18.